The van der Waals surface area contributed by atoms with Crippen LogP contribution in [-0.4, -0.2) is 52.1 Å². The topological polar surface area (TPSA) is 35.6 Å². The van der Waals surface area contributed by atoms with E-state index in [2.05, 4.69) is 56.7 Å². The number of amides is 1. The molecular formula is C15H29N3O. The molecule has 0 radical (unpaired) electrons. The maximum atomic E-state index is 12.4. The zero-order valence-corrected chi connectivity index (χ0v) is 13.3. The SMILES string of the molecule is CC(C)(C)N1CCC2(CC1)C(=O)NCN2C(C)(C)C. The van der Waals surface area contributed by atoms with Gasteiger partial charge in [0.05, 0.1) is 6.67 Å². The van der Waals surface area contributed by atoms with Gasteiger partial charge < -0.3 is 5.32 Å². The maximum Gasteiger partial charge on any atom is 0.241 e. The van der Waals surface area contributed by atoms with E-state index in [0.29, 0.717) is 6.67 Å². The molecule has 2 aliphatic rings. The summed E-state index contributed by atoms with van der Waals surface area (Å²) < 4.78 is 0. The molecule has 2 fully saturated rings. The van der Waals surface area contributed by atoms with E-state index in [9.17, 15) is 4.79 Å². The van der Waals surface area contributed by atoms with Crippen molar-refractivity contribution in [1.29, 1.82) is 0 Å². The van der Waals surface area contributed by atoms with Gasteiger partial charge >= 0.3 is 0 Å². The fourth-order valence-electron chi connectivity index (χ4n) is 3.51. The summed E-state index contributed by atoms with van der Waals surface area (Å²) in [5.74, 6) is 0.232. The molecule has 0 atom stereocenters. The van der Waals surface area contributed by atoms with Gasteiger partial charge in [-0.15, -0.1) is 0 Å². The van der Waals surface area contributed by atoms with Crippen molar-refractivity contribution in [3.63, 3.8) is 0 Å². The van der Waals surface area contributed by atoms with Gasteiger partial charge in [0.1, 0.15) is 5.54 Å². The summed E-state index contributed by atoms with van der Waals surface area (Å²) in [4.78, 5) is 17.2. The normalized spacial score (nSPS) is 25.9. The maximum absolute atomic E-state index is 12.4. The monoisotopic (exact) mass is 267 g/mol. The number of hydrogen-bond acceptors (Lipinski definition) is 3. The highest BCUT2D eigenvalue weighted by molar-refractivity contribution is 5.88. The predicted molar refractivity (Wildman–Crippen MR) is 77.9 cm³/mol. The minimum atomic E-state index is -0.278. The molecule has 2 saturated heterocycles. The zero-order chi connectivity index (χ0) is 14.5. The third kappa shape index (κ3) is 2.52. The Hall–Kier alpha value is -0.610. The van der Waals surface area contributed by atoms with Gasteiger partial charge in [-0.25, -0.2) is 0 Å². The summed E-state index contributed by atoms with van der Waals surface area (Å²) in [5.41, 5.74) is -0.0493. The van der Waals surface area contributed by atoms with Crippen LogP contribution in [0.5, 0.6) is 0 Å². The number of nitrogens with zero attached hydrogens (tertiary/aromatic N) is 2. The minimum absolute atomic E-state index is 0.0308. The quantitative estimate of drug-likeness (QED) is 0.727. The van der Waals surface area contributed by atoms with E-state index in [1.165, 1.54) is 0 Å². The first-order valence-electron chi connectivity index (χ1n) is 7.38. The Kier molecular flexibility index (Phi) is 3.47. The lowest BCUT2D eigenvalue weighted by molar-refractivity contribution is -0.132. The van der Waals surface area contributed by atoms with Gasteiger partial charge in [0.2, 0.25) is 5.91 Å². The van der Waals surface area contributed by atoms with Crippen LogP contribution in [0.2, 0.25) is 0 Å². The molecule has 0 aromatic carbocycles. The highest BCUT2D eigenvalue weighted by Gasteiger charge is 2.53. The Morgan fingerprint density at radius 1 is 1.00 bits per heavy atom. The van der Waals surface area contributed by atoms with Crippen molar-refractivity contribution in [2.24, 2.45) is 0 Å². The molecule has 110 valence electrons. The van der Waals surface area contributed by atoms with Crippen LogP contribution in [0.4, 0.5) is 0 Å². The van der Waals surface area contributed by atoms with Crippen LogP contribution in [0.25, 0.3) is 0 Å². The summed E-state index contributed by atoms with van der Waals surface area (Å²) in [5, 5.41) is 3.06. The van der Waals surface area contributed by atoms with Crippen LogP contribution >= 0.6 is 0 Å². The van der Waals surface area contributed by atoms with Gasteiger partial charge in [0, 0.05) is 24.2 Å². The van der Waals surface area contributed by atoms with E-state index in [1.807, 2.05) is 0 Å². The first-order chi connectivity index (χ1) is 8.57. The van der Waals surface area contributed by atoms with Crippen LogP contribution in [0.15, 0.2) is 0 Å². The fraction of sp³-hybridized carbons (Fsp3) is 0.933. The van der Waals surface area contributed by atoms with Crippen molar-refractivity contribution in [2.45, 2.75) is 71.0 Å². The van der Waals surface area contributed by atoms with Crippen LogP contribution < -0.4 is 5.32 Å². The Morgan fingerprint density at radius 3 is 1.95 bits per heavy atom. The second-order valence-corrected chi connectivity index (χ2v) is 7.95. The Labute approximate surface area is 117 Å². The molecule has 0 unspecified atom stereocenters. The van der Waals surface area contributed by atoms with Crippen LogP contribution in [0, 0.1) is 0 Å². The largest absolute Gasteiger partial charge is 0.342 e. The van der Waals surface area contributed by atoms with E-state index < -0.39 is 0 Å². The Morgan fingerprint density at radius 2 is 1.53 bits per heavy atom. The molecule has 1 amide bonds. The van der Waals surface area contributed by atoms with Crippen molar-refractivity contribution in [3.05, 3.63) is 0 Å². The standard InChI is InChI=1S/C15H29N3O/c1-13(2,3)17-9-7-15(8-10-17)12(19)16-11-18(15)14(4,5)6/h7-11H2,1-6H3,(H,16,19). The van der Waals surface area contributed by atoms with Gasteiger partial charge in [0.25, 0.3) is 0 Å². The van der Waals surface area contributed by atoms with Crippen molar-refractivity contribution < 1.29 is 4.79 Å². The van der Waals surface area contributed by atoms with Crippen molar-refractivity contribution in [3.8, 4) is 0 Å². The van der Waals surface area contributed by atoms with Crippen molar-refractivity contribution in [2.75, 3.05) is 19.8 Å². The first-order valence-corrected chi connectivity index (χ1v) is 7.38. The van der Waals surface area contributed by atoms with Crippen LogP contribution in [0.3, 0.4) is 0 Å². The molecule has 1 spiro atoms. The van der Waals surface area contributed by atoms with Gasteiger partial charge in [-0.2, -0.15) is 0 Å². The van der Waals surface area contributed by atoms with Gasteiger partial charge in [0.15, 0.2) is 0 Å². The zero-order valence-electron chi connectivity index (χ0n) is 13.3. The molecule has 0 bridgehead atoms. The molecule has 2 rings (SSSR count). The summed E-state index contributed by atoms with van der Waals surface area (Å²) in [6.45, 7) is 16.1. The number of hydrogen-bond donors (Lipinski definition) is 1. The molecule has 4 nitrogen and oxygen atoms in total. The third-order valence-corrected chi connectivity index (χ3v) is 4.69. The molecule has 0 aliphatic carbocycles. The van der Waals surface area contributed by atoms with E-state index >= 15 is 0 Å². The van der Waals surface area contributed by atoms with E-state index in [0.717, 1.165) is 25.9 Å². The number of nitrogens with one attached hydrogen (secondary N) is 1. The molecule has 0 saturated carbocycles. The lowest BCUT2D eigenvalue weighted by Crippen LogP contribution is -2.62. The molecule has 0 aromatic heterocycles. The number of piperidine rings is 1. The first kappa shape index (κ1) is 14.8. The number of likely N-dealkylation sites (tertiary alicyclic amines) is 1. The number of rotatable bonds is 0. The molecule has 0 aromatic rings. The number of carbonyl (C=O) groups is 1. The lowest BCUT2D eigenvalue weighted by atomic mass is 9.82. The summed E-state index contributed by atoms with van der Waals surface area (Å²) >= 11 is 0. The van der Waals surface area contributed by atoms with Crippen molar-refractivity contribution >= 4 is 5.91 Å². The molecular weight excluding hydrogens is 238 g/mol. The average molecular weight is 267 g/mol. The summed E-state index contributed by atoms with van der Waals surface area (Å²) in [6.07, 6.45) is 1.88. The molecule has 19 heavy (non-hydrogen) atoms. The molecule has 2 heterocycles. The van der Waals surface area contributed by atoms with E-state index in [1.54, 1.807) is 0 Å². The highest BCUT2D eigenvalue weighted by atomic mass is 16.2. The lowest BCUT2D eigenvalue weighted by Gasteiger charge is -2.50. The molecule has 2 aliphatic heterocycles. The van der Waals surface area contributed by atoms with Crippen molar-refractivity contribution in [1.82, 2.24) is 15.1 Å². The number of carbonyl (C=O) groups excluding carboxylic acids is 1. The second kappa shape index (κ2) is 4.45. The highest BCUT2D eigenvalue weighted by Crippen LogP contribution is 2.38. The molecule has 1 N–H and O–H groups in total. The Bertz CT molecular complexity index is 357. The predicted octanol–water partition coefficient (Wildman–Crippen LogP) is 1.81. The minimum Gasteiger partial charge on any atom is -0.342 e. The third-order valence-electron chi connectivity index (χ3n) is 4.69. The summed E-state index contributed by atoms with van der Waals surface area (Å²) in [7, 11) is 0. The second-order valence-electron chi connectivity index (χ2n) is 7.95. The summed E-state index contributed by atoms with van der Waals surface area (Å²) in [6, 6.07) is 0. The smallest absolute Gasteiger partial charge is 0.241 e. The fourth-order valence-corrected chi connectivity index (χ4v) is 3.51. The van der Waals surface area contributed by atoms with Gasteiger partial charge in [-0.3, -0.25) is 14.6 Å². The van der Waals surface area contributed by atoms with Gasteiger partial charge in [-0.1, -0.05) is 0 Å². The Balaban J connectivity index is 2.18. The molecule has 4 heteroatoms. The average Bonchev–Trinajstić information content (AvgIpc) is 2.55. The van der Waals surface area contributed by atoms with Gasteiger partial charge in [-0.05, 0) is 54.4 Å². The van der Waals surface area contributed by atoms with Crippen LogP contribution in [0.1, 0.15) is 54.4 Å². The van der Waals surface area contributed by atoms with E-state index in [4.69, 9.17) is 0 Å². The van der Waals surface area contributed by atoms with Crippen LogP contribution in [-0.2, 0) is 4.79 Å². The van der Waals surface area contributed by atoms with E-state index in [-0.39, 0.29) is 22.5 Å².